The van der Waals surface area contributed by atoms with Gasteiger partial charge >= 0.3 is 16.3 Å². The quantitative estimate of drug-likeness (QED) is 0.229. The molecule has 11 heteroatoms. The van der Waals surface area contributed by atoms with Crippen LogP contribution in [-0.4, -0.2) is 54.3 Å². The maximum Gasteiger partial charge on any atom is 0.357 e. The van der Waals surface area contributed by atoms with Crippen molar-refractivity contribution in [1.82, 2.24) is 5.32 Å². The van der Waals surface area contributed by atoms with Gasteiger partial charge in [-0.25, -0.2) is 0 Å². The van der Waals surface area contributed by atoms with E-state index in [1.165, 1.54) is 19.2 Å². The number of nitrogens with one attached hydrogen (secondary N) is 2. The number of nitrogens with zero attached hydrogens (tertiary/aromatic N) is 1. The number of carbonyl (C=O) groups excluding carboxylic acids is 2. The minimum Gasteiger partial charge on any atom is -0.468 e. The second-order valence-electron chi connectivity index (χ2n) is 8.57. The molecule has 0 saturated heterocycles. The number of esters is 1. The van der Waals surface area contributed by atoms with Crippen LogP contribution in [0.4, 0.5) is 5.69 Å². The third-order valence-electron chi connectivity index (χ3n) is 5.90. The number of amides is 1. The largest absolute Gasteiger partial charge is 0.468 e. The first kappa shape index (κ1) is 27.7. The van der Waals surface area contributed by atoms with Crippen LogP contribution >= 0.6 is 11.8 Å². The van der Waals surface area contributed by atoms with Crippen LogP contribution in [0, 0.1) is 5.92 Å². The average Bonchev–Trinajstić information content (AvgIpc) is 3.23. The lowest BCUT2D eigenvalue weighted by Gasteiger charge is -2.22. The van der Waals surface area contributed by atoms with Gasteiger partial charge in [0.1, 0.15) is 5.92 Å². The van der Waals surface area contributed by atoms with Crippen LogP contribution in [0.15, 0.2) is 59.6 Å². The minimum atomic E-state index is -4.38. The highest BCUT2D eigenvalue weighted by atomic mass is 32.2. The van der Waals surface area contributed by atoms with Crippen LogP contribution in [-0.2, 0) is 37.5 Å². The molecule has 1 aliphatic rings. The highest BCUT2D eigenvalue weighted by Crippen LogP contribution is 2.31. The highest BCUT2D eigenvalue weighted by Gasteiger charge is 2.34. The second kappa shape index (κ2) is 12.4. The van der Waals surface area contributed by atoms with Crippen molar-refractivity contribution in [2.24, 2.45) is 10.9 Å². The van der Waals surface area contributed by atoms with Gasteiger partial charge in [-0.1, -0.05) is 56.3 Å². The van der Waals surface area contributed by atoms with Crippen LogP contribution in [0.5, 0.6) is 0 Å². The van der Waals surface area contributed by atoms with Crippen molar-refractivity contribution in [3.8, 4) is 0 Å². The Kier molecular flexibility index (Phi) is 9.52. The normalized spacial score (nSPS) is 19.2. The SMILES string of the molecule is CCC1N=C([C@H](Cc2ccc(NS(=O)(=O)O)cc2)NC(=O)[C@H](Cc2ccccc2)C(=O)OC)SC1C. The van der Waals surface area contributed by atoms with Gasteiger partial charge in [0, 0.05) is 5.25 Å². The zero-order valence-corrected chi connectivity index (χ0v) is 22.0. The Morgan fingerprint density at radius 2 is 1.72 bits per heavy atom. The number of anilines is 1. The van der Waals surface area contributed by atoms with Crippen molar-refractivity contribution in [3.05, 3.63) is 65.7 Å². The number of hydrogen-bond donors (Lipinski definition) is 3. The van der Waals surface area contributed by atoms with E-state index in [0.29, 0.717) is 6.42 Å². The van der Waals surface area contributed by atoms with Gasteiger partial charge in [0.05, 0.1) is 29.9 Å². The van der Waals surface area contributed by atoms with E-state index >= 15 is 0 Å². The molecular formula is C25H31N3O6S2. The molecule has 1 heterocycles. The summed E-state index contributed by atoms with van der Waals surface area (Å²) in [6.07, 6.45) is 1.45. The fraction of sp³-hybridized carbons (Fsp3) is 0.400. The molecule has 0 aromatic heterocycles. The van der Waals surface area contributed by atoms with Gasteiger partial charge in [-0.3, -0.25) is 23.9 Å². The summed E-state index contributed by atoms with van der Waals surface area (Å²) in [5.41, 5.74) is 1.87. The van der Waals surface area contributed by atoms with Crippen LogP contribution in [0.3, 0.4) is 0 Å². The van der Waals surface area contributed by atoms with Crippen molar-refractivity contribution < 1.29 is 27.3 Å². The molecule has 1 aliphatic heterocycles. The molecule has 2 unspecified atom stereocenters. The first-order valence-corrected chi connectivity index (χ1v) is 13.9. The summed E-state index contributed by atoms with van der Waals surface area (Å²) in [6, 6.07) is 15.4. The Morgan fingerprint density at radius 3 is 2.28 bits per heavy atom. The molecule has 3 rings (SSSR count). The first-order chi connectivity index (χ1) is 17.1. The van der Waals surface area contributed by atoms with Gasteiger partial charge in [-0.05, 0) is 42.5 Å². The third kappa shape index (κ3) is 7.81. The number of ether oxygens (including phenoxy) is 1. The monoisotopic (exact) mass is 533 g/mol. The Hall–Kier alpha value is -2.89. The van der Waals surface area contributed by atoms with E-state index < -0.39 is 34.1 Å². The standard InChI is InChI=1S/C25H31N3O6S2/c1-4-21-16(2)35-24(27-21)22(15-18-10-12-19(13-11-18)28-36(31,32)33)26-23(29)20(25(30)34-3)14-17-8-6-5-7-9-17/h5-13,16,20-22,28H,4,14-15H2,1-3H3,(H,26,29)(H,31,32,33)/t16?,20-,21?,22-/m0/s1. The van der Waals surface area contributed by atoms with E-state index in [0.717, 1.165) is 22.6 Å². The molecule has 36 heavy (non-hydrogen) atoms. The lowest BCUT2D eigenvalue weighted by molar-refractivity contribution is -0.150. The summed E-state index contributed by atoms with van der Waals surface area (Å²) in [6.45, 7) is 4.16. The number of methoxy groups -OCH3 is 1. The zero-order chi connectivity index (χ0) is 26.3. The first-order valence-electron chi connectivity index (χ1n) is 11.6. The van der Waals surface area contributed by atoms with E-state index in [2.05, 4.69) is 19.2 Å². The van der Waals surface area contributed by atoms with E-state index in [4.69, 9.17) is 14.3 Å². The van der Waals surface area contributed by atoms with Crippen molar-refractivity contribution in [3.63, 3.8) is 0 Å². The smallest absolute Gasteiger partial charge is 0.357 e. The molecule has 194 valence electrons. The van der Waals surface area contributed by atoms with E-state index in [1.807, 2.05) is 35.1 Å². The van der Waals surface area contributed by atoms with E-state index in [9.17, 15) is 18.0 Å². The van der Waals surface area contributed by atoms with E-state index in [-0.39, 0.29) is 23.4 Å². The molecule has 9 nitrogen and oxygen atoms in total. The Labute approximate surface area is 216 Å². The van der Waals surface area contributed by atoms with Crippen molar-refractivity contribution >= 4 is 44.7 Å². The molecule has 1 amide bonds. The predicted molar refractivity (Wildman–Crippen MR) is 141 cm³/mol. The predicted octanol–water partition coefficient (Wildman–Crippen LogP) is 3.27. The van der Waals surface area contributed by atoms with Crippen LogP contribution in [0.25, 0.3) is 0 Å². The van der Waals surface area contributed by atoms with E-state index in [1.54, 1.807) is 23.9 Å². The fourth-order valence-corrected chi connectivity index (χ4v) is 5.73. The van der Waals surface area contributed by atoms with Crippen LogP contribution in [0.2, 0.25) is 0 Å². The van der Waals surface area contributed by atoms with Crippen LogP contribution < -0.4 is 10.0 Å². The molecule has 0 saturated carbocycles. The van der Waals surface area contributed by atoms with Gasteiger partial charge in [0.2, 0.25) is 5.91 Å². The molecular weight excluding hydrogens is 502 g/mol. The van der Waals surface area contributed by atoms with Gasteiger partial charge in [0.25, 0.3) is 0 Å². The van der Waals surface area contributed by atoms with Gasteiger partial charge in [-0.15, -0.1) is 11.8 Å². The van der Waals surface area contributed by atoms with Crippen LogP contribution in [0.1, 0.15) is 31.4 Å². The molecule has 0 bridgehead atoms. The summed E-state index contributed by atoms with van der Waals surface area (Å²) in [5, 5.41) is 4.06. The Morgan fingerprint density at radius 1 is 1.08 bits per heavy atom. The zero-order valence-electron chi connectivity index (χ0n) is 20.4. The third-order valence-corrected chi connectivity index (χ3v) is 7.71. The summed E-state index contributed by atoms with van der Waals surface area (Å²) in [4.78, 5) is 30.7. The molecule has 3 N–H and O–H groups in total. The molecule has 2 aromatic rings. The molecule has 0 fully saturated rings. The number of hydrogen-bond acceptors (Lipinski definition) is 7. The maximum atomic E-state index is 13.4. The molecule has 0 spiro atoms. The van der Waals surface area contributed by atoms with Crippen molar-refractivity contribution in [2.45, 2.75) is 50.4 Å². The Bertz CT molecular complexity index is 1190. The average molecular weight is 534 g/mol. The lowest BCUT2D eigenvalue weighted by Crippen LogP contribution is -2.46. The lowest BCUT2D eigenvalue weighted by atomic mass is 9.97. The minimum absolute atomic E-state index is 0.131. The second-order valence-corrected chi connectivity index (χ2v) is 11.1. The molecule has 0 aliphatic carbocycles. The molecule has 2 aromatic carbocycles. The maximum absolute atomic E-state index is 13.4. The number of benzene rings is 2. The topological polar surface area (TPSA) is 134 Å². The summed E-state index contributed by atoms with van der Waals surface area (Å²) >= 11 is 1.60. The molecule has 4 atom stereocenters. The van der Waals surface area contributed by atoms with Gasteiger partial charge < -0.3 is 10.1 Å². The number of thioether (sulfide) groups is 1. The number of rotatable bonds is 11. The summed E-state index contributed by atoms with van der Waals surface area (Å²) in [7, 11) is -3.12. The number of aliphatic imine (C=N–C) groups is 1. The van der Waals surface area contributed by atoms with Gasteiger partial charge in [0.15, 0.2) is 0 Å². The summed E-state index contributed by atoms with van der Waals surface area (Å²) in [5.74, 6) is -2.08. The molecule has 0 radical (unpaired) electrons. The Balaban J connectivity index is 1.83. The van der Waals surface area contributed by atoms with Gasteiger partial charge in [-0.2, -0.15) is 8.42 Å². The fourth-order valence-electron chi connectivity index (χ4n) is 4.00. The number of carbonyl (C=O) groups is 2. The van der Waals surface area contributed by atoms with Crippen molar-refractivity contribution in [2.75, 3.05) is 11.8 Å². The highest BCUT2D eigenvalue weighted by molar-refractivity contribution is 8.14. The van der Waals surface area contributed by atoms with Crippen molar-refractivity contribution in [1.29, 1.82) is 0 Å². The summed E-state index contributed by atoms with van der Waals surface area (Å²) < 4.78 is 38.0.